The van der Waals surface area contributed by atoms with Crippen LogP contribution >= 0.6 is 0 Å². The summed E-state index contributed by atoms with van der Waals surface area (Å²) in [6, 6.07) is 8.01. The molecule has 1 aliphatic rings. The van der Waals surface area contributed by atoms with Gasteiger partial charge in [-0.1, -0.05) is 30.3 Å². The first-order valence-electron chi connectivity index (χ1n) is 8.45. The Kier molecular flexibility index (Phi) is 7.69. The van der Waals surface area contributed by atoms with Crippen molar-refractivity contribution in [2.24, 2.45) is 5.92 Å². The number of carboxylic acid groups (broad SMARTS) is 1. The Morgan fingerprint density at radius 2 is 1.96 bits per heavy atom. The lowest BCUT2D eigenvalue weighted by molar-refractivity contribution is -0.143. The van der Waals surface area contributed by atoms with Crippen LogP contribution in [0.4, 0.5) is 4.79 Å². The fraction of sp³-hybridized carbons (Fsp3) is 0.556. The van der Waals surface area contributed by atoms with E-state index < -0.39 is 24.2 Å². The van der Waals surface area contributed by atoms with Crippen LogP contribution < -0.4 is 5.32 Å². The highest BCUT2D eigenvalue weighted by atomic mass is 16.5. The van der Waals surface area contributed by atoms with Gasteiger partial charge in [0.15, 0.2) is 6.04 Å². The molecule has 0 radical (unpaired) electrons. The highest BCUT2D eigenvalue weighted by Crippen LogP contribution is 2.16. The van der Waals surface area contributed by atoms with Gasteiger partial charge >= 0.3 is 12.1 Å². The Bertz CT molecular complexity index is 544. The number of hydrogen-bond donors (Lipinski definition) is 2. The van der Waals surface area contributed by atoms with E-state index in [0.717, 1.165) is 18.4 Å². The van der Waals surface area contributed by atoms with Crippen LogP contribution in [0.15, 0.2) is 30.3 Å². The van der Waals surface area contributed by atoms with Crippen molar-refractivity contribution in [1.29, 1.82) is 0 Å². The highest BCUT2D eigenvalue weighted by Gasteiger charge is 2.29. The van der Waals surface area contributed by atoms with Gasteiger partial charge in [-0.15, -0.1) is 0 Å². The van der Waals surface area contributed by atoms with Crippen LogP contribution in [0, 0.1) is 5.92 Å². The van der Waals surface area contributed by atoms with Crippen molar-refractivity contribution in [2.75, 3.05) is 19.8 Å². The van der Waals surface area contributed by atoms with Crippen molar-refractivity contribution in [3.8, 4) is 0 Å². The summed E-state index contributed by atoms with van der Waals surface area (Å²) in [6.07, 6.45) is 0.357. The number of ether oxygens (including phenoxy) is 3. The molecule has 1 aliphatic heterocycles. The van der Waals surface area contributed by atoms with E-state index in [1.807, 2.05) is 30.3 Å². The minimum Gasteiger partial charge on any atom is -0.480 e. The fourth-order valence-electron chi connectivity index (χ4n) is 2.57. The molecule has 1 aromatic rings. The molecule has 2 N–H and O–H groups in total. The summed E-state index contributed by atoms with van der Waals surface area (Å²) in [6.45, 7) is 3.57. The minimum atomic E-state index is -1.16. The highest BCUT2D eigenvalue weighted by molar-refractivity contribution is 5.80. The summed E-state index contributed by atoms with van der Waals surface area (Å²) in [5, 5.41) is 11.7. The monoisotopic (exact) mass is 351 g/mol. The van der Waals surface area contributed by atoms with Gasteiger partial charge in [0.2, 0.25) is 0 Å². The molecule has 0 saturated carbocycles. The third kappa shape index (κ3) is 6.72. The molecule has 1 aromatic carbocycles. The van der Waals surface area contributed by atoms with Crippen LogP contribution in [0.2, 0.25) is 0 Å². The van der Waals surface area contributed by atoms with E-state index >= 15 is 0 Å². The van der Waals surface area contributed by atoms with Gasteiger partial charge in [0, 0.05) is 13.2 Å². The van der Waals surface area contributed by atoms with Crippen molar-refractivity contribution in [1.82, 2.24) is 5.32 Å². The Morgan fingerprint density at radius 3 is 2.60 bits per heavy atom. The molecule has 1 heterocycles. The van der Waals surface area contributed by atoms with Crippen molar-refractivity contribution < 1.29 is 28.9 Å². The van der Waals surface area contributed by atoms with Crippen LogP contribution in [0.5, 0.6) is 0 Å². The maximum atomic E-state index is 11.9. The summed E-state index contributed by atoms with van der Waals surface area (Å²) in [7, 11) is 0. The normalized spacial score (nSPS) is 17.5. The quantitative estimate of drug-likeness (QED) is 0.746. The predicted molar refractivity (Wildman–Crippen MR) is 90.1 cm³/mol. The van der Waals surface area contributed by atoms with Gasteiger partial charge in [0.25, 0.3) is 0 Å². The summed E-state index contributed by atoms with van der Waals surface area (Å²) in [4.78, 5) is 23.3. The molecule has 1 fully saturated rings. The number of hydrogen-bond acceptors (Lipinski definition) is 5. The number of carbonyl (C=O) groups excluding carboxylic acids is 1. The number of carboxylic acids is 1. The molecule has 138 valence electrons. The molecular weight excluding hydrogens is 326 g/mol. The largest absolute Gasteiger partial charge is 0.480 e. The van der Waals surface area contributed by atoms with Gasteiger partial charge in [-0.05, 0) is 31.2 Å². The van der Waals surface area contributed by atoms with Crippen LogP contribution in [-0.2, 0) is 25.6 Å². The van der Waals surface area contributed by atoms with Gasteiger partial charge in [-0.3, -0.25) is 0 Å². The average Bonchev–Trinajstić information content (AvgIpc) is 2.64. The summed E-state index contributed by atoms with van der Waals surface area (Å²) in [5.74, 6) is -0.799. The van der Waals surface area contributed by atoms with Gasteiger partial charge in [-0.25, -0.2) is 9.59 Å². The van der Waals surface area contributed by atoms with E-state index in [0.29, 0.717) is 25.7 Å². The number of carbonyl (C=O) groups is 2. The second kappa shape index (κ2) is 10.0. The molecule has 2 unspecified atom stereocenters. The molecule has 1 saturated heterocycles. The Hall–Kier alpha value is -2.12. The van der Waals surface area contributed by atoms with Crippen LogP contribution in [0.1, 0.15) is 25.3 Å². The maximum absolute atomic E-state index is 11.9. The summed E-state index contributed by atoms with van der Waals surface area (Å²) in [5.41, 5.74) is 0.827. The molecule has 2 atom stereocenters. The van der Waals surface area contributed by atoms with E-state index in [9.17, 15) is 14.7 Å². The van der Waals surface area contributed by atoms with E-state index in [4.69, 9.17) is 14.2 Å². The summed E-state index contributed by atoms with van der Waals surface area (Å²) < 4.78 is 16.0. The van der Waals surface area contributed by atoms with Crippen molar-refractivity contribution in [3.63, 3.8) is 0 Å². The fourth-order valence-corrected chi connectivity index (χ4v) is 2.57. The third-order valence-corrected chi connectivity index (χ3v) is 4.16. The van der Waals surface area contributed by atoms with Crippen molar-refractivity contribution in [3.05, 3.63) is 35.9 Å². The van der Waals surface area contributed by atoms with Crippen LogP contribution in [-0.4, -0.2) is 49.1 Å². The van der Waals surface area contributed by atoms with Crippen molar-refractivity contribution in [2.45, 2.75) is 38.5 Å². The molecule has 2 rings (SSSR count). The number of alkyl carbamates (subject to hydrolysis) is 1. The van der Waals surface area contributed by atoms with E-state index in [1.165, 1.54) is 0 Å². The maximum Gasteiger partial charge on any atom is 0.408 e. The zero-order valence-electron chi connectivity index (χ0n) is 14.3. The van der Waals surface area contributed by atoms with Gasteiger partial charge in [0.1, 0.15) is 6.61 Å². The SMILES string of the molecule is CC(OCC1CCOCC1)C(NC(=O)OCc1ccccc1)C(=O)O. The lowest BCUT2D eigenvalue weighted by Crippen LogP contribution is -2.49. The Balaban J connectivity index is 1.77. The molecule has 7 heteroatoms. The van der Waals surface area contributed by atoms with Crippen LogP contribution in [0.3, 0.4) is 0 Å². The zero-order chi connectivity index (χ0) is 18.1. The number of rotatable bonds is 8. The molecule has 0 spiro atoms. The Morgan fingerprint density at radius 1 is 1.28 bits per heavy atom. The van der Waals surface area contributed by atoms with Crippen LogP contribution in [0.25, 0.3) is 0 Å². The Labute approximate surface area is 147 Å². The number of benzene rings is 1. The van der Waals surface area contributed by atoms with E-state index in [-0.39, 0.29) is 6.61 Å². The minimum absolute atomic E-state index is 0.0797. The lowest BCUT2D eigenvalue weighted by atomic mass is 10.0. The second-order valence-corrected chi connectivity index (χ2v) is 6.12. The van der Waals surface area contributed by atoms with E-state index in [2.05, 4.69) is 5.32 Å². The number of amides is 1. The standard InChI is InChI=1S/C18H25NO6/c1-13(24-11-15-7-9-23-10-8-15)16(17(20)21)19-18(22)25-12-14-5-3-2-4-6-14/h2-6,13,15-16H,7-12H2,1H3,(H,19,22)(H,20,21). The molecule has 7 nitrogen and oxygen atoms in total. The molecule has 1 amide bonds. The van der Waals surface area contributed by atoms with Crippen molar-refractivity contribution >= 4 is 12.1 Å². The first kappa shape index (κ1) is 19.2. The topological polar surface area (TPSA) is 94.1 Å². The lowest BCUT2D eigenvalue weighted by Gasteiger charge is -2.26. The van der Waals surface area contributed by atoms with Gasteiger partial charge in [0.05, 0.1) is 12.7 Å². The predicted octanol–water partition coefficient (Wildman–Crippen LogP) is 2.20. The number of nitrogens with one attached hydrogen (secondary N) is 1. The molecule has 25 heavy (non-hydrogen) atoms. The average molecular weight is 351 g/mol. The third-order valence-electron chi connectivity index (χ3n) is 4.16. The molecule has 0 bridgehead atoms. The zero-order valence-corrected chi connectivity index (χ0v) is 14.3. The molecule has 0 aliphatic carbocycles. The van der Waals surface area contributed by atoms with E-state index in [1.54, 1.807) is 6.92 Å². The smallest absolute Gasteiger partial charge is 0.408 e. The summed E-state index contributed by atoms with van der Waals surface area (Å²) >= 11 is 0. The van der Waals surface area contributed by atoms with Gasteiger partial charge in [-0.2, -0.15) is 0 Å². The second-order valence-electron chi connectivity index (χ2n) is 6.12. The first-order chi connectivity index (χ1) is 12.1. The van der Waals surface area contributed by atoms with Gasteiger partial charge < -0.3 is 24.6 Å². The molecular formula is C18H25NO6. The number of aliphatic carboxylic acids is 1. The molecule has 0 aromatic heterocycles. The first-order valence-corrected chi connectivity index (χ1v) is 8.45.